The molecule has 5 nitrogen and oxygen atoms in total. The quantitative estimate of drug-likeness (QED) is 0.581. The molecule has 0 heterocycles. The first-order valence-electron chi connectivity index (χ1n) is 7.44. The maximum absolute atomic E-state index is 11.8. The van der Waals surface area contributed by atoms with Crippen LogP contribution in [0.5, 0.6) is 0 Å². The fourth-order valence-corrected chi connectivity index (χ4v) is 2.60. The molecule has 1 aliphatic rings. The summed E-state index contributed by atoms with van der Waals surface area (Å²) in [4.78, 5) is 23.6. The zero-order valence-corrected chi connectivity index (χ0v) is 12.3. The molecule has 22 heavy (non-hydrogen) atoms. The van der Waals surface area contributed by atoms with Gasteiger partial charge in [0.25, 0.3) is 0 Å². The number of anilines is 1. The molecule has 3 N–H and O–H groups in total. The summed E-state index contributed by atoms with van der Waals surface area (Å²) in [5.74, 6) is 1.05. The summed E-state index contributed by atoms with van der Waals surface area (Å²) in [5, 5.41) is 14.9. The molecular formula is C17H20N2O3. The molecule has 0 bridgehead atoms. The molecule has 1 aromatic rings. The molecule has 0 aromatic heterocycles. The minimum atomic E-state index is -0.737. The third-order valence-corrected chi connectivity index (χ3v) is 3.89. The van der Waals surface area contributed by atoms with Crippen molar-refractivity contribution in [3.63, 3.8) is 0 Å². The number of aliphatic hydroxyl groups excluding tert-OH is 1. The van der Waals surface area contributed by atoms with Crippen LogP contribution in [0.1, 0.15) is 31.2 Å². The number of hydrogen-bond donors (Lipinski definition) is 3. The number of aliphatic hydroxyl groups is 1. The Balaban J connectivity index is 1.84. The number of terminal acetylenes is 1. The molecule has 5 heteroatoms. The van der Waals surface area contributed by atoms with Gasteiger partial charge in [0.2, 0.25) is 0 Å². The summed E-state index contributed by atoms with van der Waals surface area (Å²) in [6.07, 6.45) is 8.57. The Labute approximate surface area is 130 Å². The van der Waals surface area contributed by atoms with Crippen LogP contribution in [0.2, 0.25) is 0 Å². The maximum Gasteiger partial charge on any atom is 0.313 e. The molecule has 1 saturated carbocycles. The highest BCUT2D eigenvalue weighted by molar-refractivity contribution is 6.39. The minimum absolute atomic E-state index is 0.0234. The van der Waals surface area contributed by atoms with Crippen LogP contribution in [0.4, 0.5) is 5.69 Å². The van der Waals surface area contributed by atoms with E-state index >= 15 is 0 Å². The molecule has 116 valence electrons. The molecule has 0 saturated heterocycles. The van der Waals surface area contributed by atoms with Crippen molar-refractivity contribution in [2.45, 2.75) is 31.8 Å². The molecule has 0 radical (unpaired) electrons. The first kappa shape index (κ1) is 16.1. The van der Waals surface area contributed by atoms with Crippen molar-refractivity contribution in [1.82, 2.24) is 5.32 Å². The summed E-state index contributed by atoms with van der Waals surface area (Å²) in [6.45, 7) is 0.317. The monoisotopic (exact) mass is 300 g/mol. The molecule has 2 rings (SSSR count). The molecule has 0 unspecified atom stereocenters. The number of carbonyl (C=O) groups is 2. The van der Waals surface area contributed by atoms with Gasteiger partial charge in [0, 0.05) is 23.7 Å². The fraction of sp³-hybridized carbons (Fsp3) is 0.412. The van der Waals surface area contributed by atoms with Crippen molar-refractivity contribution in [3.8, 4) is 12.3 Å². The van der Waals surface area contributed by atoms with Crippen LogP contribution in [0.25, 0.3) is 0 Å². The lowest BCUT2D eigenvalue weighted by atomic mass is 9.86. The fourth-order valence-electron chi connectivity index (χ4n) is 2.60. The zero-order valence-electron chi connectivity index (χ0n) is 12.3. The van der Waals surface area contributed by atoms with Gasteiger partial charge >= 0.3 is 11.8 Å². The van der Waals surface area contributed by atoms with E-state index in [9.17, 15) is 14.7 Å². The van der Waals surface area contributed by atoms with Crippen LogP contribution in [0, 0.1) is 18.3 Å². The van der Waals surface area contributed by atoms with Crippen LogP contribution >= 0.6 is 0 Å². The third-order valence-electron chi connectivity index (χ3n) is 3.89. The first-order chi connectivity index (χ1) is 10.6. The highest BCUT2D eigenvalue weighted by atomic mass is 16.3. The van der Waals surface area contributed by atoms with Gasteiger partial charge < -0.3 is 15.7 Å². The predicted molar refractivity (Wildman–Crippen MR) is 84.0 cm³/mol. The average molecular weight is 300 g/mol. The van der Waals surface area contributed by atoms with Gasteiger partial charge in [-0.1, -0.05) is 24.8 Å². The molecule has 2 amide bonds. The van der Waals surface area contributed by atoms with E-state index in [2.05, 4.69) is 16.6 Å². The largest absolute Gasteiger partial charge is 0.393 e. The second kappa shape index (κ2) is 7.62. The van der Waals surface area contributed by atoms with Crippen LogP contribution in [-0.2, 0) is 9.59 Å². The van der Waals surface area contributed by atoms with E-state index < -0.39 is 17.9 Å². The molecule has 0 aliphatic heterocycles. The maximum atomic E-state index is 11.8. The molecular weight excluding hydrogens is 280 g/mol. The lowest BCUT2D eigenvalue weighted by Crippen LogP contribution is -2.41. The Hall–Kier alpha value is -2.32. The highest BCUT2D eigenvalue weighted by Crippen LogP contribution is 2.23. The van der Waals surface area contributed by atoms with Crippen molar-refractivity contribution in [2.24, 2.45) is 5.92 Å². The lowest BCUT2D eigenvalue weighted by Gasteiger charge is -2.27. The molecule has 1 aliphatic carbocycles. The van der Waals surface area contributed by atoms with E-state index in [4.69, 9.17) is 6.42 Å². The van der Waals surface area contributed by atoms with E-state index in [1.165, 1.54) is 0 Å². The Morgan fingerprint density at radius 2 is 2.05 bits per heavy atom. The number of amides is 2. The SMILES string of the molecule is C#Cc1cccc(NC(=O)C(=O)NC[C@H]2CCCC[C@@H]2O)c1. The van der Waals surface area contributed by atoms with Gasteiger partial charge in [-0.25, -0.2) is 0 Å². The Morgan fingerprint density at radius 3 is 2.77 bits per heavy atom. The summed E-state index contributed by atoms with van der Waals surface area (Å²) < 4.78 is 0. The number of nitrogens with one attached hydrogen (secondary N) is 2. The zero-order chi connectivity index (χ0) is 15.9. The molecule has 1 aromatic carbocycles. The van der Waals surface area contributed by atoms with Gasteiger partial charge in [0.15, 0.2) is 0 Å². The topological polar surface area (TPSA) is 78.4 Å². The second-order valence-electron chi connectivity index (χ2n) is 5.50. The molecule has 1 fully saturated rings. The normalized spacial score (nSPS) is 20.7. The van der Waals surface area contributed by atoms with Gasteiger partial charge in [-0.15, -0.1) is 6.42 Å². The van der Waals surface area contributed by atoms with Crippen molar-refractivity contribution in [3.05, 3.63) is 29.8 Å². The van der Waals surface area contributed by atoms with Crippen molar-refractivity contribution in [2.75, 3.05) is 11.9 Å². The van der Waals surface area contributed by atoms with E-state index in [0.717, 1.165) is 25.7 Å². The predicted octanol–water partition coefficient (Wildman–Crippen LogP) is 1.27. The summed E-state index contributed by atoms with van der Waals surface area (Å²) >= 11 is 0. The summed E-state index contributed by atoms with van der Waals surface area (Å²) in [6, 6.07) is 6.73. The minimum Gasteiger partial charge on any atom is -0.393 e. The second-order valence-corrected chi connectivity index (χ2v) is 5.50. The van der Waals surface area contributed by atoms with Gasteiger partial charge in [-0.2, -0.15) is 0 Å². The van der Waals surface area contributed by atoms with Crippen LogP contribution in [0.15, 0.2) is 24.3 Å². The summed E-state index contributed by atoms with van der Waals surface area (Å²) in [5.41, 5.74) is 1.11. The van der Waals surface area contributed by atoms with Gasteiger partial charge in [-0.05, 0) is 31.0 Å². The van der Waals surface area contributed by atoms with Crippen molar-refractivity contribution >= 4 is 17.5 Å². The Morgan fingerprint density at radius 1 is 1.27 bits per heavy atom. The Kier molecular flexibility index (Phi) is 5.56. The van der Waals surface area contributed by atoms with E-state index in [1.54, 1.807) is 24.3 Å². The van der Waals surface area contributed by atoms with Crippen LogP contribution in [-0.4, -0.2) is 29.6 Å². The number of hydrogen-bond acceptors (Lipinski definition) is 3. The van der Waals surface area contributed by atoms with Gasteiger partial charge in [0.1, 0.15) is 0 Å². The molecule has 0 spiro atoms. The summed E-state index contributed by atoms with van der Waals surface area (Å²) in [7, 11) is 0. The number of rotatable bonds is 3. The van der Waals surface area contributed by atoms with E-state index in [-0.39, 0.29) is 5.92 Å². The van der Waals surface area contributed by atoms with Gasteiger partial charge in [0.05, 0.1) is 6.10 Å². The molecule has 2 atom stereocenters. The lowest BCUT2D eigenvalue weighted by molar-refractivity contribution is -0.136. The number of carbonyl (C=O) groups excluding carboxylic acids is 2. The van der Waals surface area contributed by atoms with Crippen molar-refractivity contribution in [1.29, 1.82) is 0 Å². The average Bonchev–Trinajstić information content (AvgIpc) is 2.54. The van der Waals surface area contributed by atoms with Gasteiger partial charge in [-0.3, -0.25) is 9.59 Å². The third kappa shape index (κ3) is 4.34. The van der Waals surface area contributed by atoms with Crippen LogP contribution < -0.4 is 10.6 Å². The highest BCUT2D eigenvalue weighted by Gasteiger charge is 2.24. The first-order valence-corrected chi connectivity index (χ1v) is 7.44. The number of benzene rings is 1. The van der Waals surface area contributed by atoms with Crippen molar-refractivity contribution < 1.29 is 14.7 Å². The smallest absolute Gasteiger partial charge is 0.313 e. The van der Waals surface area contributed by atoms with Crippen LogP contribution in [0.3, 0.4) is 0 Å². The standard InChI is InChI=1S/C17H20N2O3/c1-2-12-6-5-8-14(10-12)19-17(22)16(21)18-11-13-7-3-4-9-15(13)20/h1,5-6,8,10,13,15,20H,3-4,7,9,11H2,(H,18,21)(H,19,22)/t13-,15+/m1/s1. The van der Waals surface area contributed by atoms with E-state index in [1.807, 2.05) is 0 Å². The van der Waals surface area contributed by atoms with E-state index in [0.29, 0.717) is 17.8 Å². The Bertz CT molecular complexity index is 592.